The van der Waals surface area contributed by atoms with Crippen molar-refractivity contribution in [2.24, 2.45) is 0 Å². The Hall–Kier alpha value is -2.39. The summed E-state index contributed by atoms with van der Waals surface area (Å²) < 4.78 is 11.4. The summed E-state index contributed by atoms with van der Waals surface area (Å²) in [6.45, 7) is 2.28. The minimum Gasteiger partial charge on any atom is -0.493 e. The normalized spacial score (nSPS) is 17.1. The molecule has 0 spiro atoms. The van der Waals surface area contributed by atoms with Crippen LogP contribution in [0.3, 0.4) is 0 Å². The number of nitrogens with zero attached hydrogens (tertiary/aromatic N) is 2. The SMILES string of the molecule is CCc1nnc([C@@H]2C(=N)S/C(=C\c3ccc(OCc4ccc(Cl)c(Cl)c4)c(OC)c3)C2=O)s1. The van der Waals surface area contributed by atoms with E-state index < -0.39 is 5.92 Å². The molecule has 0 saturated carbocycles. The molecule has 1 fully saturated rings. The Morgan fingerprint density at radius 1 is 1.12 bits per heavy atom. The van der Waals surface area contributed by atoms with E-state index in [9.17, 15) is 4.79 Å². The van der Waals surface area contributed by atoms with Crippen molar-refractivity contribution in [3.63, 3.8) is 0 Å². The van der Waals surface area contributed by atoms with Gasteiger partial charge in [0.05, 0.1) is 27.1 Å². The summed E-state index contributed by atoms with van der Waals surface area (Å²) in [4.78, 5) is 13.5. The fraction of sp³-hybridized carbons (Fsp3) is 0.217. The van der Waals surface area contributed by atoms with Crippen LogP contribution in [0.25, 0.3) is 6.08 Å². The van der Waals surface area contributed by atoms with E-state index in [-0.39, 0.29) is 10.8 Å². The third-order valence-electron chi connectivity index (χ3n) is 4.88. The summed E-state index contributed by atoms with van der Waals surface area (Å²) in [5.74, 6) is 0.281. The third kappa shape index (κ3) is 5.24. The van der Waals surface area contributed by atoms with Gasteiger partial charge in [-0.2, -0.15) is 0 Å². The molecule has 1 aromatic heterocycles. The molecule has 0 unspecified atom stereocenters. The Labute approximate surface area is 209 Å². The van der Waals surface area contributed by atoms with Crippen LogP contribution in [0.15, 0.2) is 41.3 Å². The minimum atomic E-state index is -0.672. The van der Waals surface area contributed by atoms with Crippen molar-refractivity contribution in [1.29, 1.82) is 5.41 Å². The van der Waals surface area contributed by atoms with Gasteiger partial charge in [-0.05, 0) is 47.9 Å². The number of Topliss-reactive ketones (excluding diaryl/α,β-unsaturated/α-hetero) is 1. The summed E-state index contributed by atoms with van der Waals surface area (Å²) >= 11 is 14.6. The zero-order valence-corrected chi connectivity index (χ0v) is 20.9. The van der Waals surface area contributed by atoms with Crippen molar-refractivity contribution in [3.8, 4) is 11.5 Å². The standard InChI is InChI=1S/C23H19Cl2N3O3S2/c1-3-19-27-28-23(33-19)20-21(29)18(32-22(20)26)10-12-5-7-16(17(9-12)30-2)31-11-13-4-6-14(24)15(25)8-13/h4-10,20,26H,3,11H2,1-2H3/b18-10-,26-22?/t20-/m0/s1. The molecule has 33 heavy (non-hydrogen) atoms. The monoisotopic (exact) mass is 519 g/mol. The van der Waals surface area contributed by atoms with Crippen molar-refractivity contribution in [2.75, 3.05) is 7.11 Å². The largest absolute Gasteiger partial charge is 0.493 e. The Kier molecular flexibility index (Phi) is 7.38. The maximum Gasteiger partial charge on any atom is 0.186 e. The van der Waals surface area contributed by atoms with Gasteiger partial charge in [0, 0.05) is 0 Å². The van der Waals surface area contributed by atoms with E-state index in [2.05, 4.69) is 10.2 Å². The van der Waals surface area contributed by atoms with Gasteiger partial charge in [0.25, 0.3) is 0 Å². The zero-order valence-electron chi connectivity index (χ0n) is 17.7. The highest BCUT2D eigenvalue weighted by Gasteiger charge is 2.39. The number of methoxy groups -OCH3 is 1. The maximum absolute atomic E-state index is 13.0. The lowest BCUT2D eigenvalue weighted by atomic mass is 10.1. The molecule has 0 bridgehead atoms. The molecule has 170 valence electrons. The Morgan fingerprint density at radius 3 is 2.64 bits per heavy atom. The van der Waals surface area contributed by atoms with Gasteiger partial charge in [-0.1, -0.05) is 54.0 Å². The van der Waals surface area contributed by atoms with Crippen LogP contribution in [-0.2, 0) is 17.8 Å². The lowest BCUT2D eigenvalue weighted by Crippen LogP contribution is -2.11. The quantitative estimate of drug-likeness (QED) is 0.362. The van der Waals surface area contributed by atoms with Gasteiger partial charge < -0.3 is 9.47 Å². The molecule has 1 saturated heterocycles. The Bertz CT molecular complexity index is 1260. The van der Waals surface area contributed by atoms with Crippen LogP contribution < -0.4 is 9.47 Å². The Balaban J connectivity index is 1.51. The average Bonchev–Trinajstić information content (AvgIpc) is 3.38. The molecule has 4 rings (SSSR count). The second-order valence-corrected chi connectivity index (χ2v) is 10.1. The number of hydrogen-bond donors (Lipinski definition) is 1. The second-order valence-electron chi connectivity index (χ2n) is 7.11. The van der Waals surface area contributed by atoms with Gasteiger partial charge in [-0.15, -0.1) is 21.5 Å². The number of benzene rings is 2. The van der Waals surface area contributed by atoms with Gasteiger partial charge in [0.2, 0.25) is 0 Å². The molecule has 1 aliphatic heterocycles. The van der Waals surface area contributed by atoms with Crippen molar-refractivity contribution in [1.82, 2.24) is 10.2 Å². The molecule has 0 aliphatic carbocycles. The van der Waals surface area contributed by atoms with Crippen LogP contribution in [0.2, 0.25) is 10.0 Å². The zero-order chi connectivity index (χ0) is 23.5. The number of nitrogens with one attached hydrogen (secondary N) is 1. The molecule has 2 heterocycles. The number of aromatic nitrogens is 2. The van der Waals surface area contributed by atoms with Crippen LogP contribution in [0.4, 0.5) is 0 Å². The number of halogens is 2. The molecule has 3 aromatic rings. The topological polar surface area (TPSA) is 85.2 Å². The van der Waals surface area contributed by atoms with Crippen LogP contribution in [0, 0.1) is 5.41 Å². The molecule has 1 atom stereocenters. The number of hydrogen-bond acceptors (Lipinski definition) is 8. The first-order valence-corrected chi connectivity index (χ1v) is 12.4. The first kappa shape index (κ1) is 23.8. The number of aryl methyl sites for hydroxylation is 1. The molecule has 1 N–H and O–H groups in total. The number of rotatable bonds is 7. The predicted octanol–water partition coefficient (Wildman–Crippen LogP) is 6.41. The summed E-state index contributed by atoms with van der Waals surface area (Å²) in [5, 5.41) is 19.1. The van der Waals surface area contributed by atoms with Crippen molar-refractivity contribution < 1.29 is 14.3 Å². The minimum absolute atomic E-state index is 0.136. The number of ether oxygens (including phenoxy) is 2. The van der Waals surface area contributed by atoms with E-state index >= 15 is 0 Å². The fourth-order valence-corrected chi connectivity index (χ4v) is 5.45. The van der Waals surface area contributed by atoms with Crippen LogP contribution in [0.5, 0.6) is 11.5 Å². The number of thioether (sulfide) groups is 1. The fourth-order valence-electron chi connectivity index (χ4n) is 3.18. The van der Waals surface area contributed by atoms with E-state index in [0.29, 0.717) is 38.1 Å². The highest BCUT2D eigenvalue weighted by molar-refractivity contribution is 8.19. The van der Waals surface area contributed by atoms with E-state index in [1.165, 1.54) is 11.3 Å². The summed E-state index contributed by atoms with van der Waals surface area (Å²) in [5.41, 5.74) is 1.64. The number of ketones is 1. The Morgan fingerprint density at radius 2 is 1.94 bits per heavy atom. The van der Waals surface area contributed by atoms with E-state index in [0.717, 1.165) is 34.3 Å². The van der Waals surface area contributed by atoms with E-state index in [1.54, 1.807) is 37.5 Å². The van der Waals surface area contributed by atoms with Crippen LogP contribution in [-0.4, -0.2) is 28.1 Å². The molecule has 0 amide bonds. The van der Waals surface area contributed by atoms with Gasteiger partial charge in [0.1, 0.15) is 22.5 Å². The van der Waals surface area contributed by atoms with Crippen molar-refractivity contribution >= 4 is 63.2 Å². The van der Waals surface area contributed by atoms with Crippen molar-refractivity contribution in [2.45, 2.75) is 25.9 Å². The van der Waals surface area contributed by atoms with Gasteiger partial charge in [-0.25, -0.2) is 0 Å². The van der Waals surface area contributed by atoms with Crippen LogP contribution >= 0.6 is 46.3 Å². The second kappa shape index (κ2) is 10.3. The smallest absolute Gasteiger partial charge is 0.186 e. The lowest BCUT2D eigenvalue weighted by molar-refractivity contribution is -0.114. The average molecular weight is 520 g/mol. The van der Waals surface area contributed by atoms with Crippen molar-refractivity contribution in [3.05, 3.63) is 72.5 Å². The van der Waals surface area contributed by atoms with Gasteiger partial charge >= 0.3 is 0 Å². The molecule has 10 heteroatoms. The summed E-state index contributed by atoms with van der Waals surface area (Å²) in [6, 6.07) is 10.7. The molecular weight excluding hydrogens is 501 g/mol. The van der Waals surface area contributed by atoms with E-state index in [4.69, 9.17) is 38.1 Å². The number of carbonyl (C=O) groups is 1. The molecule has 1 aliphatic rings. The molecular formula is C23H19Cl2N3O3S2. The molecule has 0 radical (unpaired) electrons. The summed E-state index contributed by atoms with van der Waals surface area (Å²) in [7, 11) is 1.56. The van der Waals surface area contributed by atoms with E-state index in [1.807, 2.05) is 19.1 Å². The number of allylic oxidation sites excluding steroid dienone is 1. The third-order valence-corrected chi connectivity index (χ3v) is 7.75. The highest BCUT2D eigenvalue weighted by atomic mass is 35.5. The molecule has 6 nitrogen and oxygen atoms in total. The summed E-state index contributed by atoms with van der Waals surface area (Å²) in [6.07, 6.45) is 2.51. The predicted molar refractivity (Wildman–Crippen MR) is 134 cm³/mol. The molecule has 2 aromatic carbocycles. The first-order chi connectivity index (χ1) is 15.9. The van der Waals surface area contributed by atoms with Gasteiger partial charge in [-0.3, -0.25) is 10.2 Å². The first-order valence-electron chi connectivity index (χ1n) is 9.98. The highest BCUT2D eigenvalue weighted by Crippen LogP contribution is 2.42. The maximum atomic E-state index is 13.0. The van der Waals surface area contributed by atoms with Crippen LogP contribution in [0.1, 0.15) is 34.0 Å². The lowest BCUT2D eigenvalue weighted by Gasteiger charge is -2.12. The van der Waals surface area contributed by atoms with Gasteiger partial charge in [0.15, 0.2) is 17.3 Å². The number of carbonyl (C=O) groups excluding carboxylic acids is 1.